The molecule has 0 saturated heterocycles. The number of rotatable bonds is 4. The summed E-state index contributed by atoms with van der Waals surface area (Å²) in [5.74, 6) is 0.684. The zero-order valence-corrected chi connectivity index (χ0v) is 9.24. The zero-order chi connectivity index (χ0) is 8.97. The predicted octanol–water partition coefficient (Wildman–Crippen LogP) is 1.64. The van der Waals surface area contributed by atoms with Crippen LogP contribution in [0.1, 0.15) is 19.2 Å². The average molecular weight is 282 g/mol. The molecule has 0 fully saturated rings. The quantitative estimate of drug-likeness (QED) is 0.788. The van der Waals surface area contributed by atoms with E-state index in [0.717, 1.165) is 12.8 Å². The summed E-state index contributed by atoms with van der Waals surface area (Å²) in [6, 6.07) is 0. The lowest BCUT2D eigenvalue weighted by Crippen LogP contribution is -2.05. The smallest absolute Gasteiger partial charge is 0.278 e. The minimum Gasteiger partial charge on any atom is -0.416 e. The summed E-state index contributed by atoms with van der Waals surface area (Å²) in [7, 11) is 1.70. The van der Waals surface area contributed by atoms with Crippen molar-refractivity contribution in [3.63, 3.8) is 0 Å². The molecule has 0 N–H and O–H groups in total. The van der Waals surface area contributed by atoms with Crippen LogP contribution in [0.25, 0.3) is 0 Å². The molecule has 0 spiro atoms. The molecule has 1 atom stereocenters. The van der Waals surface area contributed by atoms with E-state index in [1.807, 2.05) is 29.5 Å². The summed E-state index contributed by atoms with van der Waals surface area (Å²) < 4.78 is 10.9. The molecule has 1 rings (SSSR count). The van der Waals surface area contributed by atoms with Gasteiger partial charge in [-0.1, -0.05) is 0 Å². The fourth-order valence-electron chi connectivity index (χ4n) is 0.779. The molecule has 0 amide bonds. The van der Waals surface area contributed by atoms with Crippen molar-refractivity contribution in [1.29, 1.82) is 0 Å². The van der Waals surface area contributed by atoms with Crippen LogP contribution in [0, 0.1) is 3.90 Å². The van der Waals surface area contributed by atoms with E-state index in [9.17, 15) is 0 Å². The van der Waals surface area contributed by atoms with Crippen molar-refractivity contribution in [3.8, 4) is 0 Å². The Labute approximate surface area is 84.8 Å². The van der Waals surface area contributed by atoms with E-state index in [2.05, 4.69) is 10.2 Å². The van der Waals surface area contributed by atoms with Gasteiger partial charge in [0.05, 0.1) is 6.10 Å². The molecule has 12 heavy (non-hydrogen) atoms. The molecule has 0 bridgehead atoms. The van der Waals surface area contributed by atoms with Crippen LogP contribution in [0.5, 0.6) is 0 Å². The summed E-state index contributed by atoms with van der Waals surface area (Å²) >= 11 is 2.00. The number of hydrogen-bond acceptors (Lipinski definition) is 4. The van der Waals surface area contributed by atoms with Crippen LogP contribution in [0.3, 0.4) is 0 Å². The Morgan fingerprint density at radius 1 is 1.58 bits per heavy atom. The van der Waals surface area contributed by atoms with Gasteiger partial charge in [0.15, 0.2) is 0 Å². The second-order valence-electron chi connectivity index (χ2n) is 2.53. The van der Waals surface area contributed by atoms with E-state index in [1.54, 1.807) is 7.11 Å². The minimum absolute atomic E-state index is 0.245. The molecule has 1 unspecified atom stereocenters. The molecule has 4 nitrogen and oxygen atoms in total. The standard InChI is InChI=1S/C7H11IN2O2/c1-5(11-2)3-4-6-9-10-7(8)12-6/h5H,3-4H2,1-2H3. The molecule has 1 aromatic heterocycles. The Hall–Kier alpha value is -0.170. The van der Waals surface area contributed by atoms with Crippen LogP contribution < -0.4 is 0 Å². The van der Waals surface area contributed by atoms with Crippen molar-refractivity contribution in [2.75, 3.05) is 7.11 Å². The first-order valence-electron chi connectivity index (χ1n) is 3.73. The monoisotopic (exact) mass is 282 g/mol. The molecular formula is C7H11IN2O2. The summed E-state index contributed by atoms with van der Waals surface area (Å²) in [5, 5.41) is 7.59. The second-order valence-corrected chi connectivity index (χ2v) is 3.46. The van der Waals surface area contributed by atoms with Gasteiger partial charge in [0.1, 0.15) is 0 Å². The van der Waals surface area contributed by atoms with Crippen LogP contribution in [-0.2, 0) is 11.2 Å². The van der Waals surface area contributed by atoms with E-state index < -0.39 is 0 Å². The molecule has 0 radical (unpaired) electrons. The Kier molecular flexibility index (Phi) is 3.93. The highest BCUT2D eigenvalue weighted by atomic mass is 127. The van der Waals surface area contributed by atoms with Crippen molar-refractivity contribution >= 4 is 22.6 Å². The maximum atomic E-state index is 5.19. The van der Waals surface area contributed by atoms with Gasteiger partial charge in [-0.2, -0.15) is 0 Å². The summed E-state index contributed by atoms with van der Waals surface area (Å²) in [5.41, 5.74) is 0. The van der Waals surface area contributed by atoms with Crippen LogP contribution in [0.4, 0.5) is 0 Å². The van der Waals surface area contributed by atoms with E-state index in [1.165, 1.54) is 0 Å². The molecule has 0 aliphatic rings. The molecule has 0 saturated carbocycles. The van der Waals surface area contributed by atoms with Crippen LogP contribution in [0.15, 0.2) is 4.42 Å². The third-order valence-electron chi connectivity index (χ3n) is 1.61. The Bertz CT molecular complexity index is 239. The fourth-order valence-corrected chi connectivity index (χ4v) is 1.14. The highest BCUT2D eigenvalue weighted by Crippen LogP contribution is 2.07. The van der Waals surface area contributed by atoms with Gasteiger partial charge in [-0.15, -0.1) is 10.2 Å². The fraction of sp³-hybridized carbons (Fsp3) is 0.714. The lowest BCUT2D eigenvalue weighted by molar-refractivity contribution is 0.109. The van der Waals surface area contributed by atoms with E-state index in [4.69, 9.17) is 9.15 Å². The normalized spacial score (nSPS) is 13.2. The summed E-state index contributed by atoms with van der Waals surface area (Å²) in [6.45, 7) is 2.02. The highest BCUT2D eigenvalue weighted by molar-refractivity contribution is 14.1. The van der Waals surface area contributed by atoms with Crippen molar-refractivity contribution in [1.82, 2.24) is 10.2 Å². The van der Waals surface area contributed by atoms with Gasteiger partial charge >= 0.3 is 0 Å². The second kappa shape index (κ2) is 4.76. The van der Waals surface area contributed by atoms with Gasteiger partial charge in [-0.25, -0.2) is 0 Å². The molecule has 1 aromatic rings. The number of halogens is 1. The first-order valence-corrected chi connectivity index (χ1v) is 4.81. The SMILES string of the molecule is COC(C)CCc1nnc(I)o1. The number of ether oxygens (including phenoxy) is 1. The topological polar surface area (TPSA) is 48.2 Å². The predicted molar refractivity (Wildman–Crippen MR) is 51.8 cm³/mol. The van der Waals surface area contributed by atoms with E-state index >= 15 is 0 Å². The van der Waals surface area contributed by atoms with Gasteiger partial charge in [0, 0.05) is 36.1 Å². The number of aromatic nitrogens is 2. The van der Waals surface area contributed by atoms with Gasteiger partial charge in [-0.3, -0.25) is 0 Å². The first kappa shape index (κ1) is 9.91. The zero-order valence-electron chi connectivity index (χ0n) is 7.08. The van der Waals surface area contributed by atoms with E-state index in [-0.39, 0.29) is 6.10 Å². The van der Waals surface area contributed by atoms with Gasteiger partial charge < -0.3 is 9.15 Å². The Balaban J connectivity index is 2.33. The molecule has 0 aromatic carbocycles. The number of nitrogens with zero attached hydrogens (tertiary/aromatic N) is 2. The number of aryl methyl sites for hydroxylation is 1. The third kappa shape index (κ3) is 3.06. The van der Waals surface area contributed by atoms with Crippen molar-refractivity contribution in [2.45, 2.75) is 25.9 Å². The third-order valence-corrected chi connectivity index (χ3v) is 2.05. The van der Waals surface area contributed by atoms with Crippen LogP contribution in [0.2, 0.25) is 0 Å². The highest BCUT2D eigenvalue weighted by Gasteiger charge is 2.05. The lowest BCUT2D eigenvalue weighted by atomic mass is 10.2. The summed E-state index contributed by atoms with van der Waals surface area (Å²) in [4.78, 5) is 0. The van der Waals surface area contributed by atoms with Crippen molar-refractivity contribution in [2.24, 2.45) is 0 Å². The molecule has 1 heterocycles. The molecule has 0 aliphatic heterocycles. The van der Waals surface area contributed by atoms with Crippen molar-refractivity contribution in [3.05, 3.63) is 9.79 Å². The maximum absolute atomic E-state index is 5.19. The molecule has 5 heteroatoms. The molecular weight excluding hydrogens is 271 g/mol. The lowest BCUT2D eigenvalue weighted by Gasteiger charge is -2.05. The van der Waals surface area contributed by atoms with Gasteiger partial charge in [0.25, 0.3) is 3.90 Å². The van der Waals surface area contributed by atoms with Crippen molar-refractivity contribution < 1.29 is 9.15 Å². The average Bonchev–Trinajstić information content (AvgIpc) is 2.47. The first-order chi connectivity index (χ1) is 5.72. The molecule has 0 aliphatic carbocycles. The minimum atomic E-state index is 0.245. The number of methoxy groups -OCH3 is 1. The molecule has 68 valence electrons. The Morgan fingerprint density at radius 3 is 2.83 bits per heavy atom. The largest absolute Gasteiger partial charge is 0.416 e. The maximum Gasteiger partial charge on any atom is 0.278 e. The Morgan fingerprint density at radius 2 is 2.33 bits per heavy atom. The van der Waals surface area contributed by atoms with Gasteiger partial charge in [-0.05, 0) is 13.3 Å². The van der Waals surface area contributed by atoms with Crippen LogP contribution in [-0.4, -0.2) is 23.4 Å². The van der Waals surface area contributed by atoms with Crippen LogP contribution >= 0.6 is 22.6 Å². The van der Waals surface area contributed by atoms with E-state index in [0.29, 0.717) is 9.79 Å². The van der Waals surface area contributed by atoms with Gasteiger partial charge in [0.2, 0.25) is 5.89 Å². The summed E-state index contributed by atoms with van der Waals surface area (Å²) in [6.07, 6.45) is 1.94. The number of hydrogen-bond donors (Lipinski definition) is 0.